The second-order valence-electron chi connectivity index (χ2n) is 6.73. The molecular weight excluding hydrogens is 401 g/mol. The van der Waals surface area contributed by atoms with Crippen LogP contribution >= 0.6 is 0 Å². The van der Waals surface area contributed by atoms with Crippen molar-refractivity contribution in [1.29, 1.82) is 0 Å². The topological polar surface area (TPSA) is 116 Å². The molecular formula is C20H20FN9O. The van der Waals surface area contributed by atoms with Crippen LogP contribution in [0.15, 0.2) is 36.9 Å². The molecule has 10 nitrogen and oxygen atoms in total. The summed E-state index contributed by atoms with van der Waals surface area (Å²) in [4.78, 5) is 21.2. The first kappa shape index (κ1) is 20.1. The van der Waals surface area contributed by atoms with Crippen LogP contribution in [0.25, 0.3) is 11.4 Å². The Morgan fingerprint density at radius 3 is 2.42 bits per heavy atom. The second kappa shape index (κ2) is 8.30. The van der Waals surface area contributed by atoms with Gasteiger partial charge in [-0.05, 0) is 26.0 Å². The fourth-order valence-corrected chi connectivity index (χ4v) is 3.08. The normalized spacial score (nSPS) is 10.7. The smallest absolute Gasteiger partial charge is 0.187 e. The molecule has 0 aliphatic carbocycles. The summed E-state index contributed by atoms with van der Waals surface area (Å²) in [6.07, 6.45) is 2.90. The molecule has 158 valence electrons. The Kier molecular flexibility index (Phi) is 5.39. The van der Waals surface area contributed by atoms with Gasteiger partial charge >= 0.3 is 0 Å². The first-order chi connectivity index (χ1) is 14.9. The predicted molar refractivity (Wildman–Crippen MR) is 113 cm³/mol. The minimum absolute atomic E-state index is 0.160. The zero-order valence-corrected chi connectivity index (χ0v) is 17.4. The number of nitrogens with one attached hydrogen (secondary N) is 2. The Labute approximate surface area is 177 Å². The number of halogens is 1. The highest BCUT2D eigenvalue weighted by molar-refractivity contribution is 5.78. The van der Waals surface area contributed by atoms with E-state index in [2.05, 4.69) is 40.7 Å². The number of aryl methyl sites for hydroxylation is 3. The number of aromatic nitrogens is 7. The summed E-state index contributed by atoms with van der Waals surface area (Å²) in [5.74, 6) is 2.28. The third-order valence-electron chi connectivity index (χ3n) is 4.29. The zero-order chi connectivity index (χ0) is 22.0. The molecule has 0 spiro atoms. The number of nitrogens with zero attached hydrogens (tertiary/aromatic N) is 7. The molecule has 11 heteroatoms. The number of hydrogen-bond acceptors (Lipinski definition) is 9. The third kappa shape index (κ3) is 4.39. The Morgan fingerprint density at radius 2 is 1.74 bits per heavy atom. The Morgan fingerprint density at radius 1 is 0.968 bits per heavy atom. The lowest BCUT2D eigenvalue weighted by atomic mass is 10.1. The molecule has 0 fully saturated rings. The van der Waals surface area contributed by atoms with Gasteiger partial charge in [0.05, 0.1) is 12.8 Å². The van der Waals surface area contributed by atoms with E-state index in [1.807, 2.05) is 19.9 Å². The molecule has 0 radical (unpaired) electrons. The molecule has 0 atom stereocenters. The number of methoxy groups -OCH3 is 1. The quantitative estimate of drug-likeness (QED) is 0.484. The maximum Gasteiger partial charge on any atom is 0.187 e. The molecule has 0 saturated carbocycles. The summed E-state index contributed by atoms with van der Waals surface area (Å²) >= 11 is 0. The van der Waals surface area contributed by atoms with E-state index < -0.39 is 5.82 Å². The van der Waals surface area contributed by atoms with Crippen molar-refractivity contribution in [3.8, 4) is 17.1 Å². The first-order valence-corrected chi connectivity index (χ1v) is 9.34. The summed E-state index contributed by atoms with van der Waals surface area (Å²) in [6, 6.07) is 6.40. The van der Waals surface area contributed by atoms with Gasteiger partial charge in [-0.1, -0.05) is 0 Å². The molecule has 0 unspecified atom stereocenters. The molecule has 0 bridgehead atoms. The molecule has 4 rings (SSSR count). The van der Waals surface area contributed by atoms with Crippen LogP contribution in [0.5, 0.6) is 5.75 Å². The first-order valence-electron chi connectivity index (χ1n) is 9.34. The van der Waals surface area contributed by atoms with Gasteiger partial charge in [0, 0.05) is 24.9 Å². The van der Waals surface area contributed by atoms with Crippen LogP contribution in [0.3, 0.4) is 0 Å². The maximum absolute atomic E-state index is 14.6. The van der Waals surface area contributed by atoms with Crippen LogP contribution in [-0.4, -0.2) is 41.8 Å². The summed E-state index contributed by atoms with van der Waals surface area (Å²) in [5, 5.41) is 10.5. The highest BCUT2D eigenvalue weighted by Gasteiger charge is 2.20. The third-order valence-corrected chi connectivity index (χ3v) is 4.29. The van der Waals surface area contributed by atoms with Gasteiger partial charge < -0.3 is 15.4 Å². The predicted octanol–water partition coefficient (Wildman–Crippen LogP) is 3.31. The van der Waals surface area contributed by atoms with E-state index in [4.69, 9.17) is 4.74 Å². The molecule has 0 aliphatic rings. The lowest BCUT2D eigenvalue weighted by Crippen LogP contribution is -2.03. The van der Waals surface area contributed by atoms with Gasteiger partial charge in [-0.15, -0.1) is 0 Å². The van der Waals surface area contributed by atoms with E-state index in [1.54, 1.807) is 19.2 Å². The van der Waals surface area contributed by atoms with Gasteiger partial charge in [-0.2, -0.15) is 5.10 Å². The number of hydrogen-bond donors (Lipinski definition) is 2. The molecule has 0 saturated heterocycles. The highest BCUT2D eigenvalue weighted by Crippen LogP contribution is 2.38. The Hall–Kier alpha value is -4.15. The number of ether oxygens (including phenoxy) is 1. The van der Waals surface area contributed by atoms with Gasteiger partial charge in [-0.25, -0.2) is 29.3 Å². The maximum atomic E-state index is 14.6. The fourth-order valence-electron chi connectivity index (χ4n) is 3.08. The zero-order valence-electron chi connectivity index (χ0n) is 17.4. The van der Waals surface area contributed by atoms with E-state index in [0.29, 0.717) is 29.0 Å². The Balaban J connectivity index is 1.64. The van der Waals surface area contributed by atoms with Crippen LogP contribution in [0.2, 0.25) is 0 Å². The molecule has 0 aliphatic heterocycles. The van der Waals surface area contributed by atoms with Crippen molar-refractivity contribution in [2.24, 2.45) is 7.05 Å². The summed E-state index contributed by atoms with van der Waals surface area (Å²) < 4.78 is 21.5. The minimum Gasteiger partial charge on any atom is -0.494 e. The van der Waals surface area contributed by atoms with E-state index >= 15 is 0 Å². The average Bonchev–Trinajstić information content (AvgIpc) is 3.14. The number of rotatable bonds is 6. The van der Waals surface area contributed by atoms with E-state index in [1.165, 1.54) is 30.5 Å². The van der Waals surface area contributed by atoms with E-state index in [0.717, 1.165) is 5.69 Å². The number of anilines is 4. The van der Waals surface area contributed by atoms with Gasteiger partial charge in [0.15, 0.2) is 11.6 Å². The van der Waals surface area contributed by atoms with Crippen molar-refractivity contribution >= 4 is 23.1 Å². The molecule has 2 N–H and O–H groups in total. The van der Waals surface area contributed by atoms with Crippen molar-refractivity contribution < 1.29 is 9.13 Å². The summed E-state index contributed by atoms with van der Waals surface area (Å²) in [7, 11) is 3.16. The fraction of sp³-hybridized carbons (Fsp3) is 0.200. The standard InChI is InChI=1S/C20H20FN9O/c1-11-7-17(26-12(2)25-11)28-16-8-15(22-9-23-16)27-14-6-5-13(21)18(19(14)31-4)20-24-10-30(3)29-20/h5-10H,1-4H3,(H2,22,23,25,26,27,28). The minimum atomic E-state index is -0.492. The molecule has 3 heterocycles. The summed E-state index contributed by atoms with van der Waals surface area (Å²) in [6.45, 7) is 3.71. The van der Waals surface area contributed by atoms with Crippen LogP contribution in [0, 0.1) is 19.7 Å². The SMILES string of the molecule is COc1c(Nc2cc(Nc3cc(C)nc(C)n3)ncn2)ccc(F)c1-c1ncn(C)n1. The van der Waals surface area contributed by atoms with E-state index in [-0.39, 0.29) is 17.1 Å². The molecule has 1 aromatic carbocycles. The molecule has 0 amide bonds. The molecule has 3 aromatic heterocycles. The van der Waals surface area contributed by atoms with Gasteiger partial charge in [0.25, 0.3) is 0 Å². The van der Waals surface area contributed by atoms with Crippen molar-refractivity contribution in [2.45, 2.75) is 13.8 Å². The van der Waals surface area contributed by atoms with Crippen molar-refractivity contribution in [1.82, 2.24) is 34.7 Å². The van der Waals surface area contributed by atoms with E-state index in [9.17, 15) is 4.39 Å². The lowest BCUT2D eigenvalue weighted by Gasteiger charge is -2.14. The van der Waals surface area contributed by atoms with Crippen LogP contribution in [0.1, 0.15) is 11.5 Å². The Bertz CT molecular complexity index is 1220. The second-order valence-corrected chi connectivity index (χ2v) is 6.73. The van der Waals surface area contributed by atoms with Crippen molar-refractivity contribution in [3.63, 3.8) is 0 Å². The van der Waals surface area contributed by atoms with Gasteiger partial charge in [-0.3, -0.25) is 4.68 Å². The van der Waals surface area contributed by atoms with Crippen LogP contribution < -0.4 is 15.4 Å². The van der Waals surface area contributed by atoms with Crippen molar-refractivity contribution in [2.75, 3.05) is 17.7 Å². The van der Waals surface area contributed by atoms with Gasteiger partial charge in [0.1, 0.15) is 47.3 Å². The largest absolute Gasteiger partial charge is 0.494 e. The molecule has 31 heavy (non-hydrogen) atoms. The highest BCUT2D eigenvalue weighted by atomic mass is 19.1. The monoisotopic (exact) mass is 421 g/mol. The molecule has 4 aromatic rings. The van der Waals surface area contributed by atoms with Crippen LogP contribution in [0.4, 0.5) is 27.5 Å². The number of benzene rings is 1. The average molecular weight is 421 g/mol. The van der Waals surface area contributed by atoms with Gasteiger partial charge in [0.2, 0.25) is 0 Å². The van der Waals surface area contributed by atoms with Crippen molar-refractivity contribution in [3.05, 3.63) is 54.3 Å². The van der Waals surface area contributed by atoms with Crippen LogP contribution in [-0.2, 0) is 7.05 Å². The lowest BCUT2D eigenvalue weighted by molar-refractivity contribution is 0.415. The summed E-state index contributed by atoms with van der Waals surface area (Å²) in [5.41, 5.74) is 1.51.